The SMILES string of the molecule is COC(=O)N1CCC2(C=C(Br)NO2)CC1. The second-order valence-electron chi connectivity index (χ2n) is 3.72. The van der Waals surface area contributed by atoms with E-state index in [1.165, 1.54) is 7.11 Å². The first-order valence-electron chi connectivity index (χ1n) is 4.80. The zero-order valence-corrected chi connectivity index (χ0v) is 10.0. The number of ether oxygens (including phenoxy) is 1. The van der Waals surface area contributed by atoms with Gasteiger partial charge in [0.1, 0.15) is 10.2 Å². The Morgan fingerprint density at radius 1 is 1.67 bits per heavy atom. The lowest BCUT2D eigenvalue weighted by molar-refractivity contribution is -0.0692. The van der Waals surface area contributed by atoms with Crippen LogP contribution in [-0.2, 0) is 9.57 Å². The zero-order chi connectivity index (χ0) is 10.9. The van der Waals surface area contributed by atoms with E-state index in [1.807, 2.05) is 6.08 Å². The summed E-state index contributed by atoms with van der Waals surface area (Å²) in [6.07, 6.45) is 3.31. The van der Waals surface area contributed by atoms with Crippen LogP contribution in [0, 0.1) is 0 Å². The molecule has 0 bridgehead atoms. The van der Waals surface area contributed by atoms with Gasteiger partial charge >= 0.3 is 6.09 Å². The number of rotatable bonds is 0. The molecule has 1 spiro atoms. The Bertz CT molecular complexity index is 298. The minimum absolute atomic E-state index is 0.261. The molecule has 2 aliphatic rings. The summed E-state index contributed by atoms with van der Waals surface area (Å²) in [5.41, 5.74) is 2.52. The number of nitrogens with one attached hydrogen (secondary N) is 1. The van der Waals surface area contributed by atoms with Gasteiger partial charge in [0.25, 0.3) is 0 Å². The molecule has 0 atom stereocenters. The molecule has 0 aromatic carbocycles. The summed E-state index contributed by atoms with van der Waals surface area (Å²) in [5.74, 6) is 0. The summed E-state index contributed by atoms with van der Waals surface area (Å²) in [7, 11) is 1.40. The van der Waals surface area contributed by atoms with Gasteiger partial charge in [-0.25, -0.2) is 4.79 Å². The first kappa shape index (κ1) is 10.8. The van der Waals surface area contributed by atoms with Crippen LogP contribution in [0.1, 0.15) is 12.8 Å². The summed E-state index contributed by atoms with van der Waals surface area (Å²) in [6, 6.07) is 0. The summed E-state index contributed by atoms with van der Waals surface area (Å²) in [5, 5.41) is 0. The molecule has 1 amide bonds. The van der Waals surface area contributed by atoms with Crippen LogP contribution in [0.2, 0.25) is 0 Å². The fraction of sp³-hybridized carbons (Fsp3) is 0.667. The molecule has 5 nitrogen and oxygen atoms in total. The van der Waals surface area contributed by atoms with Gasteiger partial charge in [0.2, 0.25) is 0 Å². The third-order valence-corrected chi connectivity index (χ3v) is 3.17. The molecule has 6 heteroatoms. The van der Waals surface area contributed by atoms with Crippen molar-refractivity contribution in [1.29, 1.82) is 0 Å². The number of carbonyl (C=O) groups excluding carboxylic acids is 1. The van der Waals surface area contributed by atoms with Gasteiger partial charge in [0, 0.05) is 25.9 Å². The van der Waals surface area contributed by atoms with Crippen LogP contribution < -0.4 is 5.48 Å². The van der Waals surface area contributed by atoms with Crippen LogP contribution in [0.25, 0.3) is 0 Å². The monoisotopic (exact) mass is 276 g/mol. The van der Waals surface area contributed by atoms with Crippen molar-refractivity contribution in [2.45, 2.75) is 18.4 Å². The van der Waals surface area contributed by atoms with Crippen molar-refractivity contribution in [2.24, 2.45) is 0 Å². The van der Waals surface area contributed by atoms with E-state index < -0.39 is 0 Å². The molecule has 84 valence electrons. The van der Waals surface area contributed by atoms with Gasteiger partial charge in [-0.05, 0) is 22.0 Å². The molecule has 0 aromatic rings. The molecule has 0 unspecified atom stereocenters. The smallest absolute Gasteiger partial charge is 0.409 e. The van der Waals surface area contributed by atoms with Crippen LogP contribution >= 0.6 is 15.9 Å². The number of hydroxylamine groups is 1. The van der Waals surface area contributed by atoms with E-state index in [0.717, 1.165) is 17.4 Å². The lowest BCUT2D eigenvalue weighted by Gasteiger charge is -2.35. The van der Waals surface area contributed by atoms with Gasteiger partial charge in [-0.3, -0.25) is 10.3 Å². The Morgan fingerprint density at radius 2 is 2.33 bits per heavy atom. The van der Waals surface area contributed by atoms with Crippen molar-refractivity contribution in [3.05, 3.63) is 10.7 Å². The summed E-state index contributed by atoms with van der Waals surface area (Å²) < 4.78 is 5.52. The molecule has 2 heterocycles. The van der Waals surface area contributed by atoms with Crippen molar-refractivity contribution in [1.82, 2.24) is 10.4 Å². The second kappa shape index (κ2) is 4.02. The highest BCUT2D eigenvalue weighted by molar-refractivity contribution is 9.11. The molecular weight excluding hydrogens is 264 g/mol. The number of carbonyl (C=O) groups is 1. The summed E-state index contributed by atoms with van der Waals surface area (Å²) in [4.78, 5) is 18.4. The first-order chi connectivity index (χ1) is 7.15. The number of nitrogens with zero attached hydrogens (tertiary/aromatic N) is 1. The summed E-state index contributed by atoms with van der Waals surface area (Å²) >= 11 is 3.33. The standard InChI is InChI=1S/C9H13BrN2O3/c1-14-8(13)12-4-2-9(3-5-12)6-7(10)11-15-9/h6,11H,2-5H2,1H3. The molecule has 0 aromatic heterocycles. The van der Waals surface area contributed by atoms with Gasteiger partial charge in [0.05, 0.1) is 7.11 Å². The number of hydrogen-bond donors (Lipinski definition) is 1. The number of halogens is 1. The molecule has 15 heavy (non-hydrogen) atoms. The minimum Gasteiger partial charge on any atom is -0.453 e. The van der Waals surface area contributed by atoms with E-state index in [0.29, 0.717) is 13.1 Å². The Morgan fingerprint density at radius 3 is 2.80 bits per heavy atom. The predicted molar refractivity (Wildman–Crippen MR) is 57.2 cm³/mol. The van der Waals surface area contributed by atoms with Gasteiger partial charge in [-0.1, -0.05) is 0 Å². The van der Waals surface area contributed by atoms with E-state index >= 15 is 0 Å². The van der Waals surface area contributed by atoms with Crippen LogP contribution in [0.4, 0.5) is 4.79 Å². The molecule has 2 aliphatic heterocycles. The molecule has 0 radical (unpaired) electrons. The molecule has 0 saturated carbocycles. The Kier molecular flexibility index (Phi) is 2.88. The number of piperidine rings is 1. The highest BCUT2D eigenvalue weighted by atomic mass is 79.9. The molecule has 0 aliphatic carbocycles. The number of hydrogen-bond acceptors (Lipinski definition) is 4. The van der Waals surface area contributed by atoms with Gasteiger partial charge in [0.15, 0.2) is 0 Å². The molecule has 1 N–H and O–H groups in total. The molecule has 2 rings (SSSR count). The third kappa shape index (κ3) is 2.10. The highest BCUT2D eigenvalue weighted by Gasteiger charge is 2.39. The van der Waals surface area contributed by atoms with Gasteiger partial charge < -0.3 is 9.64 Å². The van der Waals surface area contributed by atoms with Crippen LogP contribution in [-0.4, -0.2) is 36.8 Å². The minimum atomic E-state index is -0.265. The van der Waals surface area contributed by atoms with Gasteiger partial charge in [-0.15, -0.1) is 0 Å². The predicted octanol–water partition coefficient (Wildman–Crippen LogP) is 1.36. The maximum absolute atomic E-state index is 11.3. The lowest BCUT2D eigenvalue weighted by atomic mass is 9.92. The Labute approximate surface area is 96.5 Å². The van der Waals surface area contributed by atoms with Gasteiger partial charge in [-0.2, -0.15) is 0 Å². The van der Waals surface area contributed by atoms with Crippen LogP contribution in [0.3, 0.4) is 0 Å². The second-order valence-corrected chi connectivity index (χ2v) is 4.57. The third-order valence-electron chi connectivity index (χ3n) is 2.78. The van der Waals surface area contributed by atoms with E-state index in [-0.39, 0.29) is 11.7 Å². The Balaban J connectivity index is 1.95. The molecular formula is C9H13BrN2O3. The normalized spacial score (nSPS) is 23.6. The van der Waals surface area contributed by atoms with E-state index in [9.17, 15) is 4.79 Å². The average Bonchev–Trinajstić information content (AvgIpc) is 2.60. The van der Waals surface area contributed by atoms with Crippen molar-refractivity contribution in [3.8, 4) is 0 Å². The lowest BCUT2D eigenvalue weighted by Crippen LogP contribution is -2.46. The van der Waals surface area contributed by atoms with E-state index in [4.69, 9.17) is 4.84 Å². The van der Waals surface area contributed by atoms with Crippen molar-refractivity contribution in [3.63, 3.8) is 0 Å². The van der Waals surface area contributed by atoms with E-state index in [1.54, 1.807) is 4.90 Å². The van der Waals surface area contributed by atoms with Crippen molar-refractivity contribution < 1.29 is 14.4 Å². The largest absolute Gasteiger partial charge is 0.453 e. The maximum atomic E-state index is 11.3. The fourth-order valence-corrected chi connectivity index (χ4v) is 2.38. The average molecular weight is 277 g/mol. The first-order valence-corrected chi connectivity index (χ1v) is 5.60. The number of methoxy groups -OCH3 is 1. The number of amides is 1. The molecule has 1 fully saturated rings. The van der Waals surface area contributed by atoms with Crippen LogP contribution in [0.5, 0.6) is 0 Å². The Hall–Kier alpha value is -0.750. The topological polar surface area (TPSA) is 50.8 Å². The quantitative estimate of drug-likeness (QED) is 0.679. The van der Waals surface area contributed by atoms with Crippen molar-refractivity contribution in [2.75, 3.05) is 20.2 Å². The van der Waals surface area contributed by atoms with Crippen LogP contribution in [0.15, 0.2) is 10.7 Å². The zero-order valence-electron chi connectivity index (χ0n) is 8.46. The molecule has 1 saturated heterocycles. The van der Waals surface area contributed by atoms with Crippen molar-refractivity contribution >= 4 is 22.0 Å². The highest BCUT2D eigenvalue weighted by Crippen LogP contribution is 2.33. The van der Waals surface area contributed by atoms with E-state index in [2.05, 4.69) is 26.1 Å². The number of likely N-dealkylation sites (tertiary alicyclic amines) is 1. The summed E-state index contributed by atoms with van der Waals surface area (Å²) in [6.45, 7) is 1.32. The fourth-order valence-electron chi connectivity index (χ4n) is 1.88. The maximum Gasteiger partial charge on any atom is 0.409 e.